The van der Waals surface area contributed by atoms with Crippen LogP contribution in [0.5, 0.6) is 11.5 Å². The number of aliphatic imine (C=N–C) groups is 2. The van der Waals surface area contributed by atoms with Crippen molar-refractivity contribution in [3.8, 4) is 11.5 Å². The number of nitrogens with one attached hydrogen (secondary N) is 2. The largest absolute Gasteiger partial charge is 0.497 e. The smallest absolute Gasteiger partial charge is 0.226 e. The highest BCUT2D eigenvalue weighted by molar-refractivity contribution is 5.97. The van der Waals surface area contributed by atoms with E-state index in [1.165, 1.54) is 19.4 Å². The zero-order valence-electron chi connectivity index (χ0n) is 19.2. The van der Waals surface area contributed by atoms with Crippen molar-refractivity contribution in [3.63, 3.8) is 0 Å². The second-order valence-electron chi connectivity index (χ2n) is 7.35. The van der Waals surface area contributed by atoms with Gasteiger partial charge in [0.25, 0.3) is 0 Å². The fourth-order valence-corrected chi connectivity index (χ4v) is 3.33. The van der Waals surface area contributed by atoms with Gasteiger partial charge in [-0.1, -0.05) is 0 Å². The Hall–Kier alpha value is -3.59. The van der Waals surface area contributed by atoms with Crippen LogP contribution in [-0.2, 0) is 11.3 Å². The molecule has 3 rings (SSSR count). The van der Waals surface area contributed by atoms with E-state index in [4.69, 9.17) is 14.2 Å². The lowest BCUT2D eigenvalue weighted by Gasteiger charge is -2.30. The molecule has 2 aromatic carbocycles. The lowest BCUT2D eigenvalue weighted by atomic mass is 10.2. The van der Waals surface area contributed by atoms with Gasteiger partial charge < -0.3 is 29.7 Å². The van der Waals surface area contributed by atoms with Crippen molar-refractivity contribution in [3.05, 3.63) is 59.7 Å². The van der Waals surface area contributed by atoms with Crippen molar-refractivity contribution in [2.75, 3.05) is 50.6 Å². The SMILES string of the molecule is C=N/C(=N\C=C(/C)OCc1cc(OC)ccc1F)Nc1ccc(N2CCNCC2)c(OC)c1. The molecule has 0 aliphatic carbocycles. The van der Waals surface area contributed by atoms with Gasteiger partial charge in [-0.2, -0.15) is 0 Å². The molecule has 1 aliphatic rings. The molecule has 0 aromatic heterocycles. The first kappa shape index (κ1) is 24.1. The Bertz CT molecular complexity index is 1020. The number of methoxy groups -OCH3 is 2. The summed E-state index contributed by atoms with van der Waals surface area (Å²) in [5.74, 6) is 1.76. The molecule has 2 aromatic rings. The van der Waals surface area contributed by atoms with E-state index in [1.54, 1.807) is 26.2 Å². The zero-order chi connectivity index (χ0) is 23.6. The van der Waals surface area contributed by atoms with Crippen LogP contribution in [0.25, 0.3) is 0 Å². The van der Waals surface area contributed by atoms with E-state index in [9.17, 15) is 4.39 Å². The fraction of sp³-hybridized carbons (Fsp3) is 0.333. The Morgan fingerprint density at radius 1 is 1.18 bits per heavy atom. The molecule has 1 aliphatic heterocycles. The number of benzene rings is 2. The summed E-state index contributed by atoms with van der Waals surface area (Å²) in [6.45, 7) is 9.09. The van der Waals surface area contributed by atoms with Crippen LogP contribution in [0.3, 0.4) is 0 Å². The van der Waals surface area contributed by atoms with Gasteiger partial charge in [0, 0.05) is 43.5 Å². The monoisotopic (exact) mass is 455 g/mol. The topological polar surface area (TPSA) is 79.7 Å². The van der Waals surface area contributed by atoms with E-state index in [-0.39, 0.29) is 12.4 Å². The highest BCUT2D eigenvalue weighted by Gasteiger charge is 2.15. The Labute approximate surface area is 193 Å². The summed E-state index contributed by atoms with van der Waals surface area (Å²) < 4.78 is 30.3. The van der Waals surface area contributed by atoms with Gasteiger partial charge in [0.15, 0.2) is 0 Å². The maximum Gasteiger partial charge on any atom is 0.226 e. The minimum absolute atomic E-state index is 0.0514. The molecule has 0 radical (unpaired) electrons. The van der Waals surface area contributed by atoms with Gasteiger partial charge >= 0.3 is 0 Å². The molecule has 8 nitrogen and oxygen atoms in total. The summed E-state index contributed by atoms with van der Waals surface area (Å²) in [6.07, 6.45) is 1.50. The third-order valence-electron chi connectivity index (χ3n) is 5.12. The number of guanidine groups is 1. The van der Waals surface area contributed by atoms with Crippen LogP contribution in [-0.4, -0.2) is 53.1 Å². The van der Waals surface area contributed by atoms with Gasteiger partial charge in [0.2, 0.25) is 5.96 Å². The third-order valence-corrected chi connectivity index (χ3v) is 5.12. The van der Waals surface area contributed by atoms with Crippen molar-refractivity contribution in [2.24, 2.45) is 9.98 Å². The second-order valence-corrected chi connectivity index (χ2v) is 7.35. The first-order valence-electron chi connectivity index (χ1n) is 10.6. The average Bonchev–Trinajstić information content (AvgIpc) is 2.86. The van der Waals surface area contributed by atoms with Crippen LogP contribution in [0, 0.1) is 5.82 Å². The quantitative estimate of drug-likeness (QED) is 0.358. The third kappa shape index (κ3) is 6.69. The lowest BCUT2D eigenvalue weighted by Crippen LogP contribution is -2.43. The summed E-state index contributed by atoms with van der Waals surface area (Å²) in [5, 5.41) is 6.47. The lowest BCUT2D eigenvalue weighted by molar-refractivity contribution is 0.196. The Morgan fingerprint density at radius 3 is 2.67 bits per heavy atom. The molecule has 1 heterocycles. The van der Waals surface area contributed by atoms with Crippen LogP contribution in [0.4, 0.5) is 15.8 Å². The van der Waals surface area contributed by atoms with E-state index in [2.05, 4.69) is 32.2 Å². The van der Waals surface area contributed by atoms with Gasteiger partial charge in [-0.3, -0.25) is 0 Å². The molecule has 33 heavy (non-hydrogen) atoms. The van der Waals surface area contributed by atoms with Gasteiger partial charge in [0.1, 0.15) is 29.7 Å². The summed E-state index contributed by atoms with van der Waals surface area (Å²) in [6, 6.07) is 10.4. The molecule has 0 saturated carbocycles. The number of rotatable bonds is 8. The molecule has 0 bridgehead atoms. The predicted molar refractivity (Wildman–Crippen MR) is 130 cm³/mol. The van der Waals surface area contributed by atoms with E-state index in [0.717, 1.165) is 43.3 Å². The fourth-order valence-electron chi connectivity index (χ4n) is 3.33. The molecular weight excluding hydrogens is 425 g/mol. The Kier molecular flexibility index (Phi) is 8.65. The van der Waals surface area contributed by atoms with E-state index in [1.807, 2.05) is 18.2 Å². The molecular formula is C24H30FN5O3. The van der Waals surface area contributed by atoms with E-state index >= 15 is 0 Å². The van der Waals surface area contributed by atoms with Crippen LogP contribution in [0.2, 0.25) is 0 Å². The zero-order valence-corrected chi connectivity index (χ0v) is 19.2. The predicted octanol–water partition coefficient (Wildman–Crippen LogP) is 3.80. The van der Waals surface area contributed by atoms with Crippen molar-refractivity contribution in [1.82, 2.24) is 5.32 Å². The molecule has 176 valence electrons. The Balaban J connectivity index is 1.65. The Morgan fingerprint density at radius 2 is 1.97 bits per heavy atom. The van der Waals surface area contributed by atoms with Gasteiger partial charge in [0.05, 0.1) is 26.1 Å². The molecule has 0 unspecified atom stereocenters. The second kappa shape index (κ2) is 11.9. The standard InChI is InChI=1S/C24H30FN5O3/c1-17(33-16-18-13-20(31-3)6-7-21(18)25)15-28-24(26-2)29-19-5-8-22(23(14-19)32-4)30-11-9-27-10-12-30/h5-8,13-15,27H,2,9-12,16H2,1,3-4H3,(H,28,29)/b17-15+. The number of allylic oxidation sites excluding steroid dienone is 1. The molecule has 0 spiro atoms. The normalized spacial score (nSPS) is 14.6. The average molecular weight is 456 g/mol. The van der Waals surface area contributed by atoms with Crippen molar-refractivity contribution in [1.29, 1.82) is 0 Å². The number of ether oxygens (including phenoxy) is 3. The molecule has 1 fully saturated rings. The number of halogens is 1. The molecule has 0 atom stereocenters. The molecule has 9 heteroatoms. The minimum Gasteiger partial charge on any atom is -0.497 e. The van der Waals surface area contributed by atoms with Gasteiger partial charge in [-0.05, 0) is 44.0 Å². The maximum absolute atomic E-state index is 13.9. The van der Waals surface area contributed by atoms with Gasteiger partial charge in [-0.25, -0.2) is 14.4 Å². The van der Waals surface area contributed by atoms with E-state index < -0.39 is 0 Å². The molecule has 1 saturated heterocycles. The number of anilines is 2. The maximum atomic E-state index is 13.9. The summed E-state index contributed by atoms with van der Waals surface area (Å²) in [5.41, 5.74) is 2.20. The van der Waals surface area contributed by atoms with Crippen LogP contribution in [0.1, 0.15) is 12.5 Å². The number of hydrogen-bond acceptors (Lipinski definition) is 6. The van der Waals surface area contributed by atoms with Crippen molar-refractivity contribution >= 4 is 24.1 Å². The first-order chi connectivity index (χ1) is 16.0. The highest BCUT2D eigenvalue weighted by Crippen LogP contribution is 2.31. The summed E-state index contributed by atoms with van der Waals surface area (Å²) in [7, 11) is 3.18. The molecule has 0 amide bonds. The van der Waals surface area contributed by atoms with Crippen LogP contribution >= 0.6 is 0 Å². The highest BCUT2D eigenvalue weighted by atomic mass is 19.1. The number of nitrogens with zero attached hydrogens (tertiary/aromatic N) is 3. The van der Waals surface area contributed by atoms with E-state index in [0.29, 0.717) is 23.0 Å². The van der Waals surface area contributed by atoms with Crippen LogP contribution in [0.15, 0.2) is 58.3 Å². The van der Waals surface area contributed by atoms with Crippen LogP contribution < -0.4 is 25.0 Å². The number of piperazine rings is 1. The van der Waals surface area contributed by atoms with Gasteiger partial charge in [-0.15, -0.1) is 0 Å². The minimum atomic E-state index is -0.361. The number of hydrogen-bond donors (Lipinski definition) is 2. The molecule has 2 N–H and O–H groups in total. The van der Waals surface area contributed by atoms with Crippen molar-refractivity contribution < 1.29 is 18.6 Å². The first-order valence-corrected chi connectivity index (χ1v) is 10.6. The summed E-state index contributed by atoms with van der Waals surface area (Å²) >= 11 is 0. The summed E-state index contributed by atoms with van der Waals surface area (Å²) in [4.78, 5) is 10.5. The van der Waals surface area contributed by atoms with Crippen molar-refractivity contribution in [2.45, 2.75) is 13.5 Å².